The first kappa shape index (κ1) is 12.4. The fraction of sp³-hybridized carbons (Fsp3) is 0.143. The molecule has 0 bridgehead atoms. The van der Waals surface area contributed by atoms with Crippen molar-refractivity contribution in [3.8, 4) is 5.75 Å². The van der Waals surface area contributed by atoms with Crippen molar-refractivity contribution in [3.05, 3.63) is 59.2 Å². The maximum absolute atomic E-state index is 13.4. The lowest BCUT2D eigenvalue weighted by atomic mass is 10.2. The van der Waals surface area contributed by atoms with E-state index in [0.29, 0.717) is 11.4 Å². The molecule has 4 heteroatoms. The number of para-hydroxylation sites is 1. The fourth-order valence-corrected chi connectivity index (χ4v) is 1.68. The van der Waals surface area contributed by atoms with Crippen LogP contribution >= 0.6 is 0 Å². The van der Waals surface area contributed by atoms with Crippen LogP contribution in [-0.4, -0.2) is 0 Å². The van der Waals surface area contributed by atoms with Crippen LogP contribution in [0.4, 0.5) is 14.5 Å². The van der Waals surface area contributed by atoms with Gasteiger partial charge in [0.2, 0.25) is 0 Å². The molecule has 0 heterocycles. The van der Waals surface area contributed by atoms with E-state index in [-0.39, 0.29) is 12.2 Å². The minimum atomic E-state index is -0.885. The van der Waals surface area contributed by atoms with Crippen LogP contribution in [-0.2, 0) is 6.61 Å². The number of nitrogens with two attached hydrogens (primary N) is 1. The molecule has 18 heavy (non-hydrogen) atoms. The van der Waals surface area contributed by atoms with E-state index in [0.717, 1.165) is 11.6 Å². The second-order valence-electron chi connectivity index (χ2n) is 3.99. The maximum atomic E-state index is 13.4. The van der Waals surface area contributed by atoms with Gasteiger partial charge in [0.25, 0.3) is 0 Å². The molecule has 94 valence electrons. The maximum Gasteiger partial charge on any atom is 0.165 e. The van der Waals surface area contributed by atoms with E-state index in [1.54, 1.807) is 12.1 Å². The molecule has 0 spiro atoms. The van der Waals surface area contributed by atoms with Crippen LogP contribution in [0.5, 0.6) is 5.75 Å². The highest BCUT2D eigenvalue weighted by Gasteiger charge is 2.10. The summed E-state index contributed by atoms with van der Waals surface area (Å²) in [5.41, 5.74) is 7.26. The molecule has 0 atom stereocenters. The number of anilines is 1. The molecule has 2 rings (SSSR count). The Hall–Kier alpha value is -2.10. The van der Waals surface area contributed by atoms with Crippen LogP contribution in [0.1, 0.15) is 11.1 Å². The molecule has 2 aromatic rings. The number of ether oxygens (including phenoxy) is 1. The first-order valence-corrected chi connectivity index (χ1v) is 5.50. The van der Waals surface area contributed by atoms with Crippen molar-refractivity contribution in [2.24, 2.45) is 0 Å². The molecule has 2 aromatic carbocycles. The van der Waals surface area contributed by atoms with Gasteiger partial charge in [-0.3, -0.25) is 0 Å². The SMILES string of the molecule is Cc1cccc(N)c1OCc1cccc(F)c1F. The number of aryl methyl sites for hydroxylation is 1. The summed E-state index contributed by atoms with van der Waals surface area (Å²) in [6.45, 7) is 1.78. The molecule has 0 saturated heterocycles. The summed E-state index contributed by atoms with van der Waals surface area (Å²) < 4.78 is 31.9. The number of halogens is 2. The Morgan fingerprint density at radius 1 is 1.11 bits per heavy atom. The van der Waals surface area contributed by atoms with Crippen LogP contribution in [0.3, 0.4) is 0 Å². The molecular weight excluding hydrogens is 236 g/mol. The Kier molecular flexibility index (Phi) is 3.46. The van der Waals surface area contributed by atoms with Crippen LogP contribution in [0, 0.1) is 18.6 Å². The normalized spacial score (nSPS) is 10.4. The fourth-order valence-electron chi connectivity index (χ4n) is 1.68. The summed E-state index contributed by atoms with van der Waals surface area (Å²) in [6, 6.07) is 9.34. The third-order valence-corrected chi connectivity index (χ3v) is 2.65. The van der Waals surface area contributed by atoms with Crippen LogP contribution in [0.25, 0.3) is 0 Å². The van der Waals surface area contributed by atoms with E-state index in [1.165, 1.54) is 12.1 Å². The summed E-state index contributed by atoms with van der Waals surface area (Å²) in [4.78, 5) is 0. The van der Waals surface area contributed by atoms with Crippen molar-refractivity contribution in [2.75, 3.05) is 5.73 Å². The standard InChI is InChI=1S/C14H13F2NO/c1-9-4-2-7-12(17)14(9)18-8-10-5-3-6-11(15)13(10)16/h2-7H,8,17H2,1H3. The Bertz CT molecular complexity index is 549. The number of hydrogen-bond acceptors (Lipinski definition) is 2. The summed E-state index contributed by atoms with van der Waals surface area (Å²) in [7, 11) is 0. The molecule has 0 aliphatic rings. The van der Waals surface area contributed by atoms with E-state index in [1.807, 2.05) is 13.0 Å². The molecule has 0 aromatic heterocycles. The zero-order chi connectivity index (χ0) is 13.1. The summed E-state index contributed by atoms with van der Waals surface area (Å²) in [6.07, 6.45) is 0. The van der Waals surface area contributed by atoms with Crippen molar-refractivity contribution in [1.29, 1.82) is 0 Å². The highest BCUT2D eigenvalue weighted by atomic mass is 19.2. The molecule has 0 fully saturated rings. The predicted molar refractivity (Wildman–Crippen MR) is 66.3 cm³/mol. The number of rotatable bonds is 3. The topological polar surface area (TPSA) is 35.2 Å². The Morgan fingerprint density at radius 2 is 1.83 bits per heavy atom. The number of nitrogen functional groups attached to an aromatic ring is 1. The molecule has 0 aliphatic carbocycles. The predicted octanol–water partition coefficient (Wildman–Crippen LogP) is 3.43. The largest absolute Gasteiger partial charge is 0.486 e. The monoisotopic (exact) mass is 249 g/mol. The lowest BCUT2D eigenvalue weighted by Crippen LogP contribution is -2.03. The highest BCUT2D eigenvalue weighted by Crippen LogP contribution is 2.26. The smallest absolute Gasteiger partial charge is 0.165 e. The van der Waals surface area contributed by atoms with E-state index in [4.69, 9.17) is 10.5 Å². The van der Waals surface area contributed by atoms with Gasteiger partial charge in [0.15, 0.2) is 11.6 Å². The summed E-state index contributed by atoms with van der Waals surface area (Å²) in [5, 5.41) is 0. The number of benzene rings is 2. The van der Waals surface area contributed by atoms with Crippen molar-refractivity contribution in [2.45, 2.75) is 13.5 Å². The molecule has 2 nitrogen and oxygen atoms in total. The summed E-state index contributed by atoms with van der Waals surface area (Å²) >= 11 is 0. The van der Waals surface area contributed by atoms with Gasteiger partial charge in [0.1, 0.15) is 12.4 Å². The summed E-state index contributed by atoms with van der Waals surface area (Å²) in [5.74, 6) is -1.26. The first-order valence-electron chi connectivity index (χ1n) is 5.50. The minimum Gasteiger partial charge on any atom is -0.486 e. The second-order valence-corrected chi connectivity index (χ2v) is 3.99. The average molecular weight is 249 g/mol. The van der Waals surface area contributed by atoms with Crippen molar-refractivity contribution in [1.82, 2.24) is 0 Å². The lowest BCUT2D eigenvalue weighted by Gasteiger charge is -2.12. The highest BCUT2D eigenvalue weighted by molar-refractivity contribution is 5.56. The van der Waals surface area contributed by atoms with Crippen LogP contribution in [0.2, 0.25) is 0 Å². The average Bonchev–Trinajstić information content (AvgIpc) is 2.33. The van der Waals surface area contributed by atoms with E-state index >= 15 is 0 Å². The van der Waals surface area contributed by atoms with E-state index in [2.05, 4.69) is 0 Å². The third kappa shape index (κ3) is 2.42. The lowest BCUT2D eigenvalue weighted by molar-refractivity contribution is 0.297. The molecule has 0 radical (unpaired) electrons. The quantitative estimate of drug-likeness (QED) is 0.846. The van der Waals surface area contributed by atoms with Gasteiger partial charge >= 0.3 is 0 Å². The number of hydrogen-bond donors (Lipinski definition) is 1. The molecule has 0 amide bonds. The van der Waals surface area contributed by atoms with Crippen molar-refractivity contribution < 1.29 is 13.5 Å². The Morgan fingerprint density at radius 3 is 2.56 bits per heavy atom. The third-order valence-electron chi connectivity index (χ3n) is 2.65. The van der Waals surface area contributed by atoms with Gasteiger partial charge in [-0.15, -0.1) is 0 Å². The van der Waals surface area contributed by atoms with E-state index < -0.39 is 11.6 Å². The van der Waals surface area contributed by atoms with Crippen LogP contribution < -0.4 is 10.5 Å². The molecule has 0 aliphatic heterocycles. The van der Waals surface area contributed by atoms with Gasteiger partial charge < -0.3 is 10.5 Å². The Balaban J connectivity index is 2.19. The van der Waals surface area contributed by atoms with Gasteiger partial charge in [-0.2, -0.15) is 0 Å². The van der Waals surface area contributed by atoms with Gasteiger partial charge in [-0.25, -0.2) is 8.78 Å². The minimum absolute atomic E-state index is 0.0569. The second kappa shape index (κ2) is 5.04. The zero-order valence-corrected chi connectivity index (χ0v) is 9.91. The molecule has 0 saturated carbocycles. The van der Waals surface area contributed by atoms with Crippen molar-refractivity contribution >= 4 is 5.69 Å². The van der Waals surface area contributed by atoms with Crippen molar-refractivity contribution in [3.63, 3.8) is 0 Å². The van der Waals surface area contributed by atoms with Gasteiger partial charge in [0.05, 0.1) is 5.69 Å². The molecule has 2 N–H and O–H groups in total. The van der Waals surface area contributed by atoms with Gasteiger partial charge in [-0.05, 0) is 24.6 Å². The molecular formula is C14H13F2NO. The van der Waals surface area contributed by atoms with Gasteiger partial charge in [0, 0.05) is 5.56 Å². The van der Waals surface area contributed by atoms with Crippen LogP contribution in [0.15, 0.2) is 36.4 Å². The first-order chi connectivity index (χ1) is 8.59. The Labute approximate surface area is 104 Å². The van der Waals surface area contributed by atoms with Gasteiger partial charge in [-0.1, -0.05) is 24.3 Å². The molecule has 0 unspecified atom stereocenters. The van der Waals surface area contributed by atoms with E-state index in [9.17, 15) is 8.78 Å². The zero-order valence-electron chi connectivity index (χ0n) is 9.91.